The van der Waals surface area contributed by atoms with Crippen molar-refractivity contribution in [2.45, 2.75) is 18.7 Å². The largest absolute Gasteiger partial charge is 0.349 e. The Labute approximate surface area is 149 Å². The van der Waals surface area contributed by atoms with E-state index in [2.05, 4.69) is 27.3 Å². The molecule has 2 aromatic rings. The minimum absolute atomic E-state index is 0.00897. The number of carbonyl (C=O) groups excluding carboxylic acids is 1. The summed E-state index contributed by atoms with van der Waals surface area (Å²) in [5, 5.41) is 11.9. The van der Waals surface area contributed by atoms with E-state index in [9.17, 15) is 4.79 Å². The molecule has 0 saturated carbocycles. The van der Waals surface area contributed by atoms with E-state index in [0.29, 0.717) is 17.1 Å². The van der Waals surface area contributed by atoms with Gasteiger partial charge in [-0.05, 0) is 36.2 Å². The van der Waals surface area contributed by atoms with Crippen molar-refractivity contribution < 1.29 is 4.79 Å². The molecule has 0 aliphatic carbocycles. The molecule has 5 heteroatoms. The molecular weight excluding hydrogens is 372 g/mol. The molecule has 2 rings (SSSR count). The Kier molecular flexibility index (Phi) is 6.69. The molecule has 1 N–H and O–H groups in total. The average molecular weight is 389 g/mol. The third kappa shape index (κ3) is 5.42. The first-order valence-electron chi connectivity index (χ1n) is 7.20. The molecule has 3 nitrogen and oxygen atoms in total. The van der Waals surface area contributed by atoms with Crippen LogP contribution in [0.4, 0.5) is 0 Å². The third-order valence-electron chi connectivity index (χ3n) is 3.31. The molecule has 0 fully saturated rings. The highest BCUT2D eigenvalue weighted by Crippen LogP contribution is 2.23. The number of hydrogen-bond acceptors (Lipinski definition) is 3. The van der Waals surface area contributed by atoms with Crippen molar-refractivity contribution in [3.8, 4) is 6.07 Å². The number of halogens is 1. The summed E-state index contributed by atoms with van der Waals surface area (Å²) in [4.78, 5) is 12.1. The van der Waals surface area contributed by atoms with Crippen LogP contribution < -0.4 is 5.32 Å². The summed E-state index contributed by atoms with van der Waals surface area (Å²) in [5.74, 6) is 1.12. The van der Waals surface area contributed by atoms with Gasteiger partial charge in [0.1, 0.15) is 0 Å². The van der Waals surface area contributed by atoms with Gasteiger partial charge in [-0.3, -0.25) is 4.79 Å². The van der Waals surface area contributed by atoms with Crippen LogP contribution in [0.5, 0.6) is 0 Å². The van der Waals surface area contributed by atoms with Gasteiger partial charge in [-0.15, -0.1) is 11.8 Å². The van der Waals surface area contributed by atoms with Crippen molar-refractivity contribution in [2.75, 3.05) is 5.75 Å². The first-order chi connectivity index (χ1) is 11.1. The number of carbonyl (C=O) groups is 1. The van der Waals surface area contributed by atoms with Crippen LogP contribution in [0.3, 0.4) is 0 Å². The van der Waals surface area contributed by atoms with Crippen molar-refractivity contribution in [1.82, 2.24) is 5.32 Å². The number of thioether (sulfide) groups is 1. The molecule has 1 atom stereocenters. The number of nitrogens with one attached hydrogen (secondary N) is 1. The second kappa shape index (κ2) is 8.76. The van der Waals surface area contributed by atoms with Gasteiger partial charge in [0.05, 0.1) is 23.4 Å². The highest BCUT2D eigenvalue weighted by Gasteiger charge is 2.11. The van der Waals surface area contributed by atoms with Gasteiger partial charge >= 0.3 is 0 Å². The number of benzene rings is 2. The highest BCUT2D eigenvalue weighted by atomic mass is 79.9. The fourth-order valence-electron chi connectivity index (χ4n) is 2.18. The second-order valence-corrected chi connectivity index (χ2v) is 6.96. The van der Waals surface area contributed by atoms with Crippen LogP contribution in [-0.2, 0) is 10.5 Å². The third-order valence-corrected chi connectivity index (χ3v) is 5.03. The van der Waals surface area contributed by atoms with Crippen molar-refractivity contribution >= 4 is 33.6 Å². The Morgan fingerprint density at radius 1 is 1.30 bits per heavy atom. The summed E-state index contributed by atoms with van der Waals surface area (Å²) in [6.45, 7) is 1.97. The van der Waals surface area contributed by atoms with Gasteiger partial charge in [-0.2, -0.15) is 5.26 Å². The molecule has 0 radical (unpaired) electrons. The van der Waals surface area contributed by atoms with Crippen LogP contribution in [0.2, 0.25) is 0 Å². The van der Waals surface area contributed by atoms with Crippen molar-refractivity contribution in [1.29, 1.82) is 5.26 Å². The van der Waals surface area contributed by atoms with Crippen molar-refractivity contribution in [3.63, 3.8) is 0 Å². The fourth-order valence-corrected chi connectivity index (χ4v) is 3.59. The fraction of sp³-hybridized carbons (Fsp3) is 0.222. The van der Waals surface area contributed by atoms with Gasteiger partial charge in [0, 0.05) is 10.2 Å². The lowest BCUT2D eigenvalue weighted by Gasteiger charge is -2.15. The zero-order valence-corrected chi connectivity index (χ0v) is 15.2. The minimum Gasteiger partial charge on any atom is -0.349 e. The van der Waals surface area contributed by atoms with E-state index < -0.39 is 0 Å². The predicted molar refractivity (Wildman–Crippen MR) is 98.0 cm³/mol. The van der Waals surface area contributed by atoms with Crippen LogP contribution >= 0.6 is 27.7 Å². The van der Waals surface area contributed by atoms with Crippen LogP contribution in [0.1, 0.15) is 29.7 Å². The number of nitrogens with zero attached hydrogens (tertiary/aromatic N) is 1. The molecule has 0 aliphatic rings. The smallest absolute Gasteiger partial charge is 0.230 e. The molecule has 0 saturated heterocycles. The zero-order chi connectivity index (χ0) is 16.7. The van der Waals surface area contributed by atoms with Gasteiger partial charge in [0.25, 0.3) is 0 Å². The molecule has 2 aromatic carbocycles. The van der Waals surface area contributed by atoms with Gasteiger partial charge in [-0.25, -0.2) is 0 Å². The maximum atomic E-state index is 12.1. The maximum Gasteiger partial charge on any atom is 0.230 e. The van der Waals surface area contributed by atoms with Crippen LogP contribution in [0.15, 0.2) is 53.0 Å². The van der Waals surface area contributed by atoms with Gasteiger partial charge in [0.15, 0.2) is 0 Å². The lowest BCUT2D eigenvalue weighted by atomic mass is 10.1. The monoisotopic (exact) mass is 388 g/mol. The van der Waals surface area contributed by atoms with Crippen LogP contribution in [0.25, 0.3) is 0 Å². The summed E-state index contributed by atoms with van der Waals surface area (Å²) in [7, 11) is 0. The first-order valence-corrected chi connectivity index (χ1v) is 9.15. The normalized spacial score (nSPS) is 11.5. The van der Waals surface area contributed by atoms with E-state index >= 15 is 0 Å². The van der Waals surface area contributed by atoms with E-state index in [4.69, 9.17) is 5.26 Å². The average Bonchev–Trinajstić information content (AvgIpc) is 2.55. The summed E-state index contributed by atoms with van der Waals surface area (Å²) in [6.07, 6.45) is 0. The van der Waals surface area contributed by atoms with Crippen LogP contribution in [0, 0.1) is 11.3 Å². The molecule has 118 valence electrons. The van der Waals surface area contributed by atoms with E-state index in [0.717, 1.165) is 15.6 Å². The topological polar surface area (TPSA) is 52.9 Å². The minimum atomic E-state index is -0.0411. The molecular formula is C18H17BrN2OS. The lowest BCUT2D eigenvalue weighted by Crippen LogP contribution is -2.28. The number of nitriles is 1. The first kappa shape index (κ1) is 17.6. The number of hydrogen-bond donors (Lipinski definition) is 1. The van der Waals surface area contributed by atoms with E-state index in [1.807, 2.05) is 49.4 Å². The number of rotatable bonds is 6. The predicted octanol–water partition coefficient (Wildman–Crippen LogP) is 4.43. The highest BCUT2D eigenvalue weighted by molar-refractivity contribution is 9.10. The molecule has 23 heavy (non-hydrogen) atoms. The zero-order valence-electron chi connectivity index (χ0n) is 12.8. The Morgan fingerprint density at radius 2 is 2.09 bits per heavy atom. The van der Waals surface area contributed by atoms with Gasteiger partial charge in [0.2, 0.25) is 5.91 Å². The van der Waals surface area contributed by atoms with E-state index in [1.54, 1.807) is 17.8 Å². The SMILES string of the molecule is C[C@@H](NC(=O)CSCc1cccc(C#N)c1)c1ccccc1Br. The van der Waals surface area contributed by atoms with Crippen molar-refractivity contribution in [2.24, 2.45) is 0 Å². The summed E-state index contributed by atoms with van der Waals surface area (Å²) >= 11 is 5.04. The van der Waals surface area contributed by atoms with Crippen LogP contribution in [-0.4, -0.2) is 11.7 Å². The lowest BCUT2D eigenvalue weighted by molar-refractivity contribution is -0.119. The Hall–Kier alpha value is -1.77. The van der Waals surface area contributed by atoms with E-state index in [1.165, 1.54) is 0 Å². The quantitative estimate of drug-likeness (QED) is 0.795. The molecule has 0 aromatic heterocycles. The van der Waals surface area contributed by atoms with Gasteiger partial charge < -0.3 is 5.32 Å². The molecule has 0 aliphatic heterocycles. The molecule has 0 bridgehead atoms. The molecule has 0 heterocycles. The maximum absolute atomic E-state index is 12.1. The molecule has 0 unspecified atom stereocenters. The summed E-state index contributed by atoms with van der Waals surface area (Å²) < 4.78 is 0.994. The Balaban J connectivity index is 1.81. The molecule has 1 amide bonds. The molecule has 0 spiro atoms. The Bertz CT molecular complexity index is 727. The van der Waals surface area contributed by atoms with E-state index in [-0.39, 0.29) is 11.9 Å². The standard InChI is InChI=1S/C18H17BrN2OS/c1-13(16-7-2-3-8-17(16)19)21-18(22)12-23-11-15-6-4-5-14(9-15)10-20/h2-9,13H,11-12H2,1H3,(H,21,22)/t13-/m1/s1. The Morgan fingerprint density at radius 3 is 2.83 bits per heavy atom. The van der Waals surface area contributed by atoms with Crippen molar-refractivity contribution in [3.05, 3.63) is 69.7 Å². The number of amides is 1. The van der Waals surface area contributed by atoms with Gasteiger partial charge in [-0.1, -0.05) is 46.3 Å². The summed E-state index contributed by atoms with van der Waals surface area (Å²) in [6, 6.07) is 17.4. The second-order valence-electron chi connectivity index (χ2n) is 5.12. The summed E-state index contributed by atoms with van der Waals surface area (Å²) in [5.41, 5.74) is 2.77.